The molecule has 2 N–H and O–H groups in total. The standard InChI is InChI=1S/C36H52N6O6/c1-5-23(2)30-36(48)42-20-12-10-17-29(42)35(47)41-19-11-9-16-28(41)34(46)39(4)24(3)33(45)40-21-13-18-27(40)32(44)37-26(31(43)38-30)22-25-14-7-6-8-15-25/h6-8,14-15,23-24,26-30H,5,9-13,16-22H2,1-4H3,(H,37,44)(H,38,43)/t23?,24-,26-,27+,28+,29-,30+/m1/s1. The summed E-state index contributed by atoms with van der Waals surface area (Å²) in [6.07, 6.45) is 5.77. The molecular formula is C36H52N6O6. The average Bonchev–Trinajstić information content (AvgIpc) is 3.62. The highest BCUT2D eigenvalue weighted by Gasteiger charge is 2.45. The minimum atomic E-state index is -1.01. The topological polar surface area (TPSA) is 139 Å². The maximum absolute atomic E-state index is 14.4. The number of rotatable bonds is 4. The van der Waals surface area contributed by atoms with Gasteiger partial charge in [0.2, 0.25) is 35.4 Å². The van der Waals surface area contributed by atoms with Gasteiger partial charge in [0.15, 0.2) is 0 Å². The molecule has 4 fully saturated rings. The smallest absolute Gasteiger partial charge is 0.246 e. The van der Waals surface area contributed by atoms with E-state index in [1.54, 1.807) is 23.8 Å². The number of hydrogen-bond acceptors (Lipinski definition) is 6. The summed E-state index contributed by atoms with van der Waals surface area (Å²) < 4.78 is 0. The van der Waals surface area contributed by atoms with Gasteiger partial charge in [-0.3, -0.25) is 28.8 Å². The summed E-state index contributed by atoms with van der Waals surface area (Å²) in [6, 6.07) is 4.25. The second-order valence-corrected chi connectivity index (χ2v) is 14.0. The number of nitrogens with zero attached hydrogens (tertiary/aromatic N) is 4. The van der Waals surface area contributed by atoms with Crippen molar-refractivity contribution < 1.29 is 28.8 Å². The molecule has 0 aliphatic carbocycles. The molecule has 0 bridgehead atoms. The Morgan fingerprint density at radius 2 is 1.25 bits per heavy atom. The number of carbonyl (C=O) groups excluding carboxylic acids is 6. The largest absolute Gasteiger partial charge is 0.342 e. The number of benzene rings is 1. The first-order chi connectivity index (χ1) is 23.0. The number of likely N-dealkylation sites (N-methyl/N-ethyl adjacent to an activating group) is 1. The maximum atomic E-state index is 14.4. The lowest BCUT2D eigenvalue weighted by atomic mass is 9.92. The number of amides is 6. The van der Waals surface area contributed by atoms with Crippen LogP contribution >= 0.6 is 0 Å². The Bertz CT molecular complexity index is 1370. The zero-order valence-electron chi connectivity index (χ0n) is 28.9. The van der Waals surface area contributed by atoms with Crippen LogP contribution in [0.4, 0.5) is 0 Å². The highest BCUT2D eigenvalue weighted by molar-refractivity contribution is 5.98. The van der Waals surface area contributed by atoms with Gasteiger partial charge in [-0.2, -0.15) is 0 Å². The van der Waals surface area contributed by atoms with Crippen molar-refractivity contribution in [3.05, 3.63) is 35.9 Å². The summed E-state index contributed by atoms with van der Waals surface area (Å²) in [5.41, 5.74) is 0.831. The molecule has 4 saturated heterocycles. The molecule has 262 valence electrons. The average molecular weight is 665 g/mol. The normalized spacial score (nSPS) is 30.5. The molecule has 0 aromatic heterocycles. The Kier molecular flexibility index (Phi) is 11.4. The van der Waals surface area contributed by atoms with E-state index in [2.05, 4.69) is 10.6 Å². The molecular weight excluding hydrogens is 612 g/mol. The van der Waals surface area contributed by atoms with Gasteiger partial charge in [-0.05, 0) is 69.8 Å². The van der Waals surface area contributed by atoms with Crippen molar-refractivity contribution >= 4 is 35.4 Å². The number of hydrogen-bond donors (Lipinski definition) is 2. The van der Waals surface area contributed by atoms with Gasteiger partial charge in [-0.15, -0.1) is 0 Å². The summed E-state index contributed by atoms with van der Waals surface area (Å²) in [5.74, 6) is -2.41. The summed E-state index contributed by atoms with van der Waals surface area (Å²) in [7, 11) is 1.58. The molecule has 6 amide bonds. The minimum Gasteiger partial charge on any atom is -0.342 e. The van der Waals surface area contributed by atoms with Crippen molar-refractivity contribution in [1.82, 2.24) is 30.2 Å². The van der Waals surface area contributed by atoms with E-state index in [9.17, 15) is 28.8 Å². The number of nitrogens with one attached hydrogen (secondary N) is 2. The molecule has 1 aromatic carbocycles. The van der Waals surface area contributed by atoms with Crippen LogP contribution in [-0.4, -0.2) is 118 Å². The first-order valence-corrected chi connectivity index (χ1v) is 17.9. The molecule has 0 spiro atoms. The molecule has 0 saturated carbocycles. The van der Waals surface area contributed by atoms with Gasteiger partial charge < -0.3 is 30.2 Å². The van der Waals surface area contributed by atoms with Crippen LogP contribution in [0.15, 0.2) is 30.3 Å². The quantitative estimate of drug-likeness (QED) is 0.504. The minimum absolute atomic E-state index is 0.190. The predicted molar refractivity (Wildman–Crippen MR) is 179 cm³/mol. The van der Waals surface area contributed by atoms with Gasteiger partial charge in [-0.25, -0.2) is 0 Å². The summed E-state index contributed by atoms with van der Waals surface area (Å²) in [5, 5.41) is 5.92. The van der Waals surface area contributed by atoms with Gasteiger partial charge in [-0.1, -0.05) is 50.6 Å². The molecule has 12 heteroatoms. The lowest BCUT2D eigenvalue weighted by molar-refractivity contribution is -0.158. The van der Waals surface area contributed by atoms with Crippen molar-refractivity contribution in [2.75, 3.05) is 26.7 Å². The second-order valence-electron chi connectivity index (χ2n) is 14.0. The Hall–Kier alpha value is -3.96. The molecule has 12 nitrogen and oxygen atoms in total. The first-order valence-electron chi connectivity index (χ1n) is 17.9. The van der Waals surface area contributed by atoms with Crippen molar-refractivity contribution in [2.45, 2.75) is 121 Å². The lowest BCUT2D eigenvalue weighted by Crippen LogP contribution is -2.64. The van der Waals surface area contributed by atoms with Crippen LogP contribution in [-0.2, 0) is 35.2 Å². The lowest BCUT2D eigenvalue weighted by Gasteiger charge is -2.44. The van der Waals surface area contributed by atoms with E-state index in [-0.39, 0.29) is 36.0 Å². The zero-order chi connectivity index (χ0) is 34.5. The van der Waals surface area contributed by atoms with Crippen LogP contribution in [0.3, 0.4) is 0 Å². The van der Waals surface area contributed by atoms with Crippen LogP contribution in [0.1, 0.15) is 84.1 Å². The van der Waals surface area contributed by atoms with E-state index >= 15 is 0 Å². The van der Waals surface area contributed by atoms with Crippen molar-refractivity contribution in [3.63, 3.8) is 0 Å². The number of piperidine rings is 2. The van der Waals surface area contributed by atoms with Gasteiger partial charge in [0.05, 0.1) is 0 Å². The highest BCUT2D eigenvalue weighted by Crippen LogP contribution is 2.28. The SMILES string of the molecule is CCC(C)[C@@H]1NC(=O)[C@@H](Cc2ccccc2)NC(=O)[C@@H]2CCCN2C(=O)[C@@H](C)N(C)C(=O)[C@@H]2CCCCN2C(=O)[C@H]2CCCCN2C1=O. The first kappa shape index (κ1) is 35.3. The summed E-state index contributed by atoms with van der Waals surface area (Å²) in [6.45, 7) is 6.63. The third-order valence-electron chi connectivity index (χ3n) is 11.0. The Morgan fingerprint density at radius 3 is 1.90 bits per heavy atom. The third-order valence-corrected chi connectivity index (χ3v) is 11.0. The van der Waals surface area contributed by atoms with E-state index in [4.69, 9.17) is 0 Å². The maximum Gasteiger partial charge on any atom is 0.246 e. The number of fused-ring (bicyclic) bond motifs is 3. The van der Waals surface area contributed by atoms with E-state index in [0.29, 0.717) is 51.7 Å². The van der Waals surface area contributed by atoms with E-state index in [1.807, 2.05) is 44.2 Å². The fraction of sp³-hybridized carbons (Fsp3) is 0.667. The summed E-state index contributed by atoms with van der Waals surface area (Å²) in [4.78, 5) is 90.9. The second kappa shape index (κ2) is 15.5. The Balaban J connectivity index is 1.55. The Morgan fingerprint density at radius 1 is 0.688 bits per heavy atom. The van der Waals surface area contributed by atoms with Gasteiger partial charge >= 0.3 is 0 Å². The molecule has 5 rings (SSSR count). The molecule has 4 aliphatic rings. The molecule has 1 aromatic rings. The fourth-order valence-corrected chi connectivity index (χ4v) is 7.67. The Labute approximate surface area is 283 Å². The van der Waals surface area contributed by atoms with E-state index in [0.717, 1.165) is 31.2 Å². The number of carbonyl (C=O) groups is 6. The van der Waals surface area contributed by atoms with Crippen molar-refractivity contribution in [1.29, 1.82) is 0 Å². The van der Waals surface area contributed by atoms with Crippen LogP contribution in [0.5, 0.6) is 0 Å². The van der Waals surface area contributed by atoms with Crippen LogP contribution in [0.25, 0.3) is 0 Å². The van der Waals surface area contributed by atoms with Gasteiger partial charge in [0, 0.05) is 33.1 Å². The van der Waals surface area contributed by atoms with Gasteiger partial charge in [0.1, 0.15) is 36.3 Å². The highest BCUT2D eigenvalue weighted by atomic mass is 16.2. The molecule has 48 heavy (non-hydrogen) atoms. The predicted octanol–water partition coefficient (Wildman–Crippen LogP) is 1.86. The summed E-state index contributed by atoms with van der Waals surface area (Å²) >= 11 is 0. The molecule has 4 aliphatic heterocycles. The van der Waals surface area contributed by atoms with E-state index in [1.165, 1.54) is 9.80 Å². The molecule has 4 heterocycles. The van der Waals surface area contributed by atoms with Crippen LogP contribution < -0.4 is 10.6 Å². The van der Waals surface area contributed by atoms with Crippen LogP contribution in [0.2, 0.25) is 0 Å². The van der Waals surface area contributed by atoms with Gasteiger partial charge in [0.25, 0.3) is 0 Å². The molecule has 0 radical (unpaired) electrons. The molecule has 7 atom stereocenters. The molecule has 1 unspecified atom stereocenters. The van der Waals surface area contributed by atoms with Crippen LogP contribution in [0, 0.1) is 5.92 Å². The van der Waals surface area contributed by atoms with Crippen molar-refractivity contribution in [2.24, 2.45) is 5.92 Å². The fourth-order valence-electron chi connectivity index (χ4n) is 7.67. The monoisotopic (exact) mass is 664 g/mol. The third kappa shape index (κ3) is 7.37. The van der Waals surface area contributed by atoms with Crippen molar-refractivity contribution in [3.8, 4) is 0 Å². The van der Waals surface area contributed by atoms with E-state index < -0.39 is 48.1 Å². The zero-order valence-corrected chi connectivity index (χ0v) is 28.9.